The summed E-state index contributed by atoms with van der Waals surface area (Å²) in [5, 5.41) is 0. The van der Waals surface area contributed by atoms with Gasteiger partial charge in [-0.15, -0.1) is 0 Å². The smallest absolute Gasteiger partial charge is 0.334 e. The fraction of sp³-hybridized carbons (Fsp3) is 0.160. The summed E-state index contributed by atoms with van der Waals surface area (Å²) in [6.07, 6.45) is -1.90. The van der Waals surface area contributed by atoms with Crippen molar-refractivity contribution >= 4 is 16.8 Å². The van der Waals surface area contributed by atoms with E-state index in [-0.39, 0.29) is 17.9 Å². The van der Waals surface area contributed by atoms with Gasteiger partial charge in [0.15, 0.2) is 5.78 Å². The third-order valence-corrected chi connectivity index (χ3v) is 5.11. The molecule has 0 saturated heterocycles. The van der Waals surface area contributed by atoms with E-state index in [1.165, 1.54) is 0 Å². The number of carbonyl (C=O) groups excluding carboxylic acids is 1. The molecule has 0 amide bonds. The molecule has 4 nitrogen and oxygen atoms in total. The maximum atomic E-state index is 12.9. The van der Waals surface area contributed by atoms with E-state index in [1.54, 1.807) is 24.5 Å². The van der Waals surface area contributed by atoms with Crippen LogP contribution in [0.25, 0.3) is 11.0 Å². The molecule has 0 spiro atoms. The second-order valence-electron chi connectivity index (χ2n) is 7.47. The van der Waals surface area contributed by atoms with E-state index in [1.807, 2.05) is 36.7 Å². The summed E-state index contributed by atoms with van der Waals surface area (Å²) < 4.78 is 40.6. The number of alkyl halides is 3. The maximum Gasteiger partial charge on any atom is 0.416 e. The number of fused-ring (bicyclic) bond motifs is 1. The number of halogens is 3. The highest BCUT2D eigenvalue weighted by molar-refractivity contribution is 5.97. The van der Waals surface area contributed by atoms with Gasteiger partial charge in [-0.2, -0.15) is 13.2 Å². The first-order valence-electron chi connectivity index (χ1n) is 9.80. The Morgan fingerprint density at radius 2 is 1.84 bits per heavy atom. The molecule has 0 bridgehead atoms. The Morgan fingerprint density at radius 1 is 1.03 bits per heavy atom. The topological polar surface area (TPSA) is 47.8 Å². The summed E-state index contributed by atoms with van der Waals surface area (Å²) in [5.41, 5.74) is 3.83. The highest BCUT2D eigenvalue weighted by Gasteiger charge is 2.30. The molecule has 2 heterocycles. The predicted octanol–water partition coefficient (Wildman–Crippen LogP) is 5.12. The minimum atomic E-state index is -4.48. The number of hydrogen-bond acceptors (Lipinski definition) is 3. The van der Waals surface area contributed by atoms with Crippen molar-refractivity contribution in [1.82, 2.24) is 14.5 Å². The summed E-state index contributed by atoms with van der Waals surface area (Å²) in [4.78, 5) is 20.9. The van der Waals surface area contributed by atoms with E-state index in [0.29, 0.717) is 11.1 Å². The first-order valence-corrected chi connectivity index (χ1v) is 9.80. The molecule has 0 atom stereocenters. The van der Waals surface area contributed by atoms with Crippen LogP contribution in [0.5, 0.6) is 0 Å². The van der Waals surface area contributed by atoms with Crippen LogP contribution in [0.3, 0.4) is 0 Å². The van der Waals surface area contributed by atoms with Gasteiger partial charge in [-0.05, 0) is 48.9 Å². The number of hydrogen-bond donors (Lipinski definition) is 0. The van der Waals surface area contributed by atoms with Crippen LogP contribution in [-0.2, 0) is 19.6 Å². The van der Waals surface area contributed by atoms with E-state index >= 15 is 0 Å². The average molecular weight is 433 g/mol. The predicted molar refractivity (Wildman–Crippen MR) is 115 cm³/mol. The minimum Gasteiger partial charge on any atom is -0.334 e. The molecule has 160 valence electrons. The molecule has 32 heavy (non-hydrogen) atoms. The number of carbonyl (C=O) groups is 1. The summed E-state index contributed by atoms with van der Waals surface area (Å²) in [7, 11) is 1.92. The van der Waals surface area contributed by atoms with Crippen molar-refractivity contribution in [3.8, 4) is 11.8 Å². The van der Waals surface area contributed by atoms with Gasteiger partial charge in [0.1, 0.15) is 0 Å². The monoisotopic (exact) mass is 433 g/mol. The van der Waals surface area contributed by atoms with E-state index in [0.717, 1.165) is 40.5 Å². The van der Waals surface area contributed by atoms with Crippen molar-refractivity contribution in [2.45, 2.75) is 19.5 Å². The van der Waals surface area contributed by atoms with Crippen LogP contribution in [0.1, 0.15) is 38.3 Å². The molecule has 2 aromatic carbocycles. The van der Waals surface area contributed by atoms with Gasteiger partial charge in [-0.25, -0.2) is 4.98 Å². The first-order chi connectivity index (χ1) is 15.2. The molecular weight excluding hydrogens is 415 g/mol. The van der Waals surface area contributed by atoms with Crippen molar-refractivity contribution in [3.05, 3.63) is 94.6 Å². The lowest BCUT2D eigenvalue weighted by Crippen LogP contribution is -2.09. The second kappa shape index (κ2) is 8.31. The molecule has 2 aromatic heterocycles. The Labute approximate surface area is 182 Å². The summed E-state index contributed by atoms with van der Waals surface area (Å²) in [5.74, 6) is 5.86. The Balaban J connectivity index is 1.57. The lowest BCUT2D eigenvalue weighted by atomic mass is 9.99. The zero-order valence-corrected chi connectivity index (χ0v) is 17.4. The van der Waals surface area contributed by atoms with E-state index in [4.69, 9.17) is 0 Å². The number of nitrogens with zero attached hydrogens (tertiary/aromatic N) is 3. The number of rotatable bonds is 3. The molecule has 0 aliphatic carbocycles. The van der Waals surface area contributed by atoms with Crippen molar-refractivity contribution in [3.63, 3.8) is 0 Å². The number of pyridine rings is 1. The fourth-order valence-corrected chi connectivity index (χ4v) is 3.30. The van der Waals surface area contributed by atoms with Crippen LogP contribution < -0.4 is 0 Å². The Morgan fingerprint density at radius 3 is 2.62 bits per heavy atom. The third-order valence-electron chi connectivity index (χ3n) is 5.11. The molecule has 0 radical (unpaired) electrons. The fourth-order valence-electron chi connectivity index (χ4n) is 3.30. The van der Waals surface area contributed by atoms with Gasteiger partial charge in [0.2, 0.25) is 0 Å². The van der Waals surface area contributed by atoms with Gasteiger partial charge in [-0.1, -0.05) is 24.0 Å². The Bertz CT molecular complexity index is 1390. The van der Waals surface area contributed by atoms with Crippen LogP contribution in [0.4, 0.5) is 13.2 Å². The maximum absolute atomic E-state index is 12.9. The normalized spacial score (nSPS) is 11.3. The zero-order valence-electron chi connectivity index (χ0n) is 17.4. The van der Waals surface area contributed by atoms with E-state index in [9.17, 15) is 18.0 Å². The number of imidazole rings is 1. The molecule has 0 N–H and O–H groups in total. The van der Waals surface area contributed by atoms with Crippen LogP contribution in [0, 0.1) is 18.8 Å². The van der Waals surface area contributed by atoms with Gasteiger partial charge in [0, 0.05) is 35.6 Å². The van der Waals surface area contributed by atoms with Gasteiger partial charge in [0.25, 0.3) is 0 Å². The van der Waals surface area contributed by atoms with Gasteiger partial charge >= 0.3 is 6.18 Å². The van der Waals surface area contributed by atoms with Crippen molar-refractivity contribution in [2.24, 2.45) is 7.05 Å². The third kappa shape index (κ3) is 4.54. The molecule has 0 fully saturated rings. The zero-order chi connectivity index (χ0) is 22.9. The van der Waals surface area contributed by atoms with Crippen LogP contribution in [-0.4, -0.2) is 20.3 Å². The average Bonchev–Trinajstić information content (AvgIpc) is 3.13. The van der Waals surface area contributed by atoms with E-state index < -0.39 is 11.7 Å². The Kier molecular flexibility index (Phi) is 5.54. The summed E-state index contributed by atoms with van der Waals surface area (Å²) in [6, 6.07) is 12.6. The lowest BCUT2D eigenvalue weighted by Gasteiger charge is -2.08. The highest BCUT2D eigenvalue weighted by atomic mass is 19.4. The first kappa shape index (κ1) is 21.3. The Hall–Kier alpha value is -3.92. The number of benzene rings is 2. The molecule has 0 unspecified atom stereocenters. The van der Waals surface area contributed by atoms with Crippen molar-refractivity contribution in [1.29, 1.82) is 0 Å². The minimum absolute atomic E-state index is 0.0710. The van der Waals surface area contributed by atoms with Crippen LogP contribution in [0.15, 0.2) is 61.1 Å². The lowest BCUT2D eigenvalue weighted by molar-refractivity contribution is -0.137. The number of ketones is 1. The summed E-state index contributed by atoms with van der Waals surface area (Å²) in [6.45, 7) is 1.88. The number of Topliss-reactive ketones (excluding diaryl/α,β-unsaturated/α-hetero) is 1. The van der Waals surface area contributed by atoms with Crippen LogP contribution >= 0.6 is 0 Å². The van der Waals surface area contributed by atoms with Gasteiger partial charge in [-0.3, -0.25) is 9.78 Å². The molecule has 7 heteroatoms. The number of aryl methyl sites for hydroxylation is 2. The largest absolute Gasteiger partial charge is 0.416 e. The molecule has 0 aliphatic rings. The SMILES string of the molecule is Cc1ccc(C(=O)Cc2cc(C(F)(F)F)ccn2)cc1C#Cc1ccc2c(c1)ncn2C. The van der Waals surface area contributed by atoms with Gasteiger partial charge < -0.3 is 4.57 Å². The molecule has 4 rings (SSSR count). The molecule has 0 aliphatic heterocycles. The standard InChI is InChI=1S/C25H18F3N3O/c1-16-3-6-19(24(32)14-21-13-20(9-10-29-21)25(26,27)28)12-18(16)7-4-17-5-8-23-22(11-17)30-15-31(23)2/h3,5-6,8-13,15H,14H2,1-2H3. The second-order valence-corrected chi connectivity index (χ2v) is 7.47. The highest BCUT2D eigenvalue weighted by Crippen LogP contribution is 2.29. The van der Waals surface area contributed by atoms with E-state index in [2.05, 4.69) is 21.8 Å². The summed E-state index contributed by atoms with van der Waals surface area (Å²) >= 11 is 0. The molecule has 0 saturated carbocycles. The van der Waals surface area contributed by atoms with Crippen molar-refractivity contribution < 1.29 is 18.0 Å². The molecule has 4 aromatic rings. The van der Waals surface area contributed by atoms with Crippen molar-refractivity contribution in [2.75, 3.05) is 0 Å². The quantitative estimate of drug-likeness (QED) is 0.333. The number of aromatic nitrogens is 3. The van der Waals surface area contributed by atoms with Gasteiger partial charge in [0.05, 0.1) is 29.3 Å². The molecular formula is C25H18F3N3O. The van der Waals surface area contributed by atoms with Crippen LogP contribution in [0.2, 0.25) is 0 Å².